The molecule has 1 fully saturated rings. The van der Waals surface area contributed by atoms with Crippen molar-refractivity contribution in [2.24, 2.45) is 0 Å². The van der Waals surface area contributed by atoms with Gasteiger partial charge in [0.05, 0.1) is 11.9 Å². The Kier molecular flexibility index (Phi) is 2.74. The van der Waals surface area contributed by atoms with Gasteiger partial charge in [-0.25, -0.2) is 9.97 Å². The van der Waals surface area contributed by atoms with Gasteiger partial charge in [-0.3, -0.25) is 4.68 Å². The van der Waals surface area contributed by atoms with Gasteiger partial charge in [0.25, 0.3) is 0 Å². The molecule has 0 atom stereocenters. The molecule has 2 aromatic heterocycles. The lowest BCUT2D eigenvalue weighted by atomic mass is 10.2. The summed E-state index contributed by atoms with van der Waals surface area (Å²) in [4.78, 5) is 8.90. The second-order valence-corrected chi connectivity index (χ2v) is 4.80. The van der Waals surface area contributed by atoms with Crippen molar-refractivity contribution in [3.05, 3.63) is 24.3 Å². The van der Waals surface area contributed by atoms with Crippen LogP contribution < -0.4 is 5.73 Å². The molecule has 2 aromatic rings. The van der Waals surface area contributed by atoms with Crippen LogP contribution in [0.3, 0.4) is 0 Å². The zero-order valence-corrected chi connectivity index (χ0v) is 10.5. The van der Waals surface area contributed by atoms with E-state index in [0.29, 0.717) is 11.7 Å². The second kappa shape index (κ2) is 4.40. The van der Waals surface area contributed by atoms with Crippen LogP contribution >= 0.6 is 0 Å². The standard InChI is InChI=1S/C13H17N5/c1-2-5-18-8-10(7-15-18)11-6-12(14)17-13(16-11)9-3-4-9/h6-9H,2-5H2,1H3,(H2,14,16,17). The summed E-state index contributed by atoms with van der Waals surface area (Å²) in [5.74, 6) is 1.94. The van der Waals surface area contributed by atoms with Crippen molar-refractivity contribution < 1.29 is 0 Å². The molecule has 0 aliphatic heterocycles. The molecular weight excluding hydrogens is 226 g/mol. The summed E-state index contributed by atoms with van der Waals surface area (Å²) in [5, 5.41) is 4.32. The molecule has 18 heavy (non-hydrogen) atoms. The molecule has 0 amide bonds. The molecule has 94 valence electrons. The van der Waals surface area contributed by atoms with Crippen molar-refractivity contribution in [3.8, 4) is 11.3 Å². The van der Waals surface area contributed by atoms with E-state index in [4.69, 9.17) is 5.73 Å². The van der Waals surface area contributed by atoms with E-state index < -0.39 is 0 Å². The molecule has 3 rings (SSSR count). The quantitative estimate of drug-likeness (QED) is 0.893. The fraction of sp³-hybridized carbons (Fsp3) is 0.462. The summed E-state index contributed by atoms with van der Waals surface area (Å²) >= 11 is 0. The van der Waals surface area contributed by atoms with Gasteiger partial charge >= 0.3 is 0 Å². The van der Waals surface area contributed by atoms with E-state index in [1.54, 1.807) is 0 Å². The highest BCUT2D eigenvalue weighted by Crippen LogP contribution is 2.38. The summed E-state index contributed by atoms with van der Waals surface area (Å²) in [7, 11) is 0. The van der Waals surface area contributed by atoms with Crippen LogP contribution in [0.5, 0.6) is 0 Å². The van der Waals surface area contributed by atoms with Crippen molar-refractivity contribution in [1.29, 1.82) is 0 Å². The SMILES string of the molecule is CCCn1cc(-c2cc(N)nc(C3CC3)n2)cn1. The van der Waals surface area contributed by atoms with Gasteiger partial charge in [-0.05, 0) is 19.3 Å². The minimum Gasteiger partial charge on any atom is -0.384 e. The summed E-state index contributed by atoms with van der Waals surface area (Å²) in [6.07, 6.45) is 7.28. The van der Waals surface area contributed by atoms with Crippen molar-refractivity contribution in [3.63, 3.8) is 0 Å². The van der Waals surface area contributed by atoms with Crippen LogP contribution in [0.15, 0.2) is 18.5 Å². The molecule has 0 aromatic carbocycles. The number of rotatable bonds is 4. The molecule has 2 heterocycles. The van der Waals surface area contributed by atoms with Crippen LogP contribution in [-0.2, 0) is 6.54 Å². The summed E-state index contributed by atoms with van der Waals surface area (Å²) in [6, 6.07) is 1.82. The number of anilines is 1. The largest absolute Gasteiger partial charge is 0.384 e. The Hall–Kier alpha value is -1.91. The Balaban J connectivity index is 1.94. The Morgan fingerprint density at radius 3 is 2.94 bits per heavy atom. The van der Waals surface area contributed by atoms with E-state index in [1.807, 2.05) is 23.1 Å². The minimum atomic E-state index is 0.512. The van der Waals surface area contributed by atoms with E-state index >= 15 is 0 Å². The number of hydrogen-bond donors (Lipinski definition) is 1. The summed E-state index contributed by atoms with van der Waals surface area (Å²) < 4.78 is 1.93. The lowest BCUT2D eigenvalue weighted by Gasteiger charge is -2.03. The molecule has 0 radical (unpaired) electrons. The first-order chi connectivity index (χ1) is 8.76. The van der Waals surface area contributed by atoms with Gasteiger partial charge in [-0.15, -0.1) is 0 Å². The Morgan fingerprint density at radius 1 is 1.39 bits per heavy atom. The lowest BCUT2D eigenvalue weighted by molar-refractivity contribution is 0.603. The fourth-order valence-electron chi connectivity index (χ4n) is 2.00. The normalized spacial score (nSPS) is 14.9. The second-order valence-electron chi connectivity index (χ2n) is 4.80. The van der Waals surface area contributed by atoms with Crippen LogP contribution in [0.25, 0.3) is 11.3 Å². The van der Waals surface area contributed by atoms with Crippen molar-refractivity contribution in [2.45, 2.75) is 38.6 Å². The van der Waals surface area contributed by atoms with Gasteiger partial charge in [0, 0.05) is 30.3 Å². The van der Waals surface area contributed by atoms with Crippen LogP contribution in [0, 0.1) is 0 Å². The zero-order valence-electron chi connectivity index (χ0n) is 10.5. The van der Waals surface area contributed by atoms with Crippen molar-refractivity contribution in [2.75, 3.05) is 5.73 Å². The van der Waals surface area contributed by atoms with E-state index in [0.717, 1.165) is 30.0 Å². The maximum absolute atomic E-state index is 5.85. The number of hydrogen-bond acceptors (Lipinski definition) is 4. The van der Waals surface area contributed by atoms with Crippen molar-refractivity contribution in [1.82, 2.24) is 19.7 Å². The number of aryl methyl sites for hydroxylation is 1. The number of nitrogen functional groups attached to an aromatic ring is 1. The average Bonchev–Trinajstić information content (AvgIpc) is 3.10. The predicted octanol–water partition coefficient (Wildman–Crippen LogP) is 2.21. The Bertz CT molecular complexity index is 556. The molecule has 2 N–H and O–H groups in total. The number of aromatic nitrogens is 4. The van der Waals surface area contributed by atoms with Crippen LogP contribution in [0.2, 0.25) is 0 Å². The fourth-order valence-corrected chi connectivity index (χ4v) is 2.00. The van der Waals surface area contributed by atoms with Crippen LogP contribution in [-0.4, -0.2) is 19.7 Å². The van der Waals surface area contributed by atoms with E-state index in [2.05, 4.69) is 22.0 Å². The van der Waals surface area contributed by atoms with Crippen LogP contribution in [0.1, 0.15) is 37.9 Å². The Labute approximate surface area is 106 Å². The highest BCUT2D eigenvalue weighted by atomic mass is 15.3. The summed E-state index contributed by atoms with van der Waals surface area (Å²) in [5.41, 5.74) is 7.74. The molecule has 0 bridgehead atoms. The summed E-state index contributed by atoms with van der Waals surface area (Å²) in [6.45, 7) is 3.06. The maximum Gasteiger partial charge on any atom is 0.134 e. The maximum atomic E-state index is 5.85. The highest BCUT2D eigenvalue weighted by molar-refractivity contribution is 5.60. The first-order valence-corrected chi connectivity index (χ1v) is 6.43. The van der Waals surface area contributed by atoms with Gasteiger partial charge in [0.2, 0.25) is 0 Å². The Morgan fingerprint density at radius 2 is 2.22 bits per heavy atom. The molecule has 0 saturated heterocycles. The van der Waals surface area contributed by atoms with Crippen LogP contribution in [0.4, 0.5) is 5.82 Å². The smallest absolute Gasteiger partial charge is 0.134 e. The topological polar surface area (TPSA) is 69.6 Å². The highest BCUT2D eigenvalue weighted by Gasteiger charge is 2.27. The number of nitrogens with zero attached hydrogens (tertiary/aromatic N) is 4. The van der Waals surface area contributed by atoms with Gasteiger partial charge < -0.3 is 5.73 Å². The third-order valence-corrected chi connectivity index (χ3v) is 3.09. The molecule has 1 aliphatic carbocycles. The minimum absolute atomic E-state index is 0.512. The lowest BCUT2D eigenvalue weighted by Crippen LogP contribution is -2.00. The van der Waals surface area contributed by atoms with E-state index in [9.17, 15) is 0 Å². The molecular formula is C13H17N5. The van der Waals surface area contributed by atoms with Gasteiger partial charge in [0.15, 0.2) is 0 Å². The monoisotopic (exact) mass is 243 g/mol. The molecule has 1 aliphatic rings. The van der Waals surface area contributed by atoms with E-state index in [1.165, 1.54) is 12.8 Å². The predicted molar refractivity (Wildman–Crippen MR) is 69.9 cm³/mol. The third kappa shape index (κ3) is 2.20. The average molecular weight is 243 g/mol. The van der Waals surface area contributed by atoms with Gasteiger partial charge in [-0.2, -0.15) is 5.10 Å². The molecule has 1 saturated carbocycles. The third-order valence-electron chi connectivity index (χ3n) is 3.09. The number of nitrogens with two attached hydrogens (primary N) is 1. The van der Waals surface area contributed by atoms with E-state index in [-0.39, 0.29) is 0 Å². The molecule has 0 spiro atoms. The first kappa shape index (κ1) is 11.2. The first-order valence-electron chi connectivity index (χ1n) is 6.43. The van der Waals surface area contributed by atoms with Gasteiger partial charge in [-0.1, -0.05) is 6.92 Å². The molecule has 5 heteroatoms. The molecule has 5 nitrogen and oxygen atoms in total. The van der Waals surface area contributed by atoms with Crippen molar-refractivity contribution >= 4 is 5.82 Å². The van der Waals surface area contributed by atoms with Gasteiger partial charge in [0.1, 0.15) is 11.6 Å². The molecule has 0 unspecified atom stereocenters. The zero-order chi connectivity index (χ0) is 12.5.